The molecule has 1 aromatic rings. The van der Waals surface area contributed by atoms with Crippen LogP contribution in [0.15, 0.2) is 10.8 Å². The maximum atomic E-state index is 3.49. The zero-order valence-electron chi connectivity index (χ0n) is 7.10. The van der Waals surface area contributed by atoms with Crippen LogP contribution in [0.2, 0.25) is 0 Å². The standard InChI is InChI=1S/C10H13NS/c1-2-10(3-4-11-7-10)9-6-12-5-8(1)9/h5-6,11H,1-4,7H2. The van der Waals surface area contributed by atoms with E-state index >= 15 is 0 Å². The van der Waals surface area contributed by atoms with Crippen molar-refractivity contribution in [2.45, 2.75) is 24.7 Å². The second-order valence-corrected chi connectivity index (χ2v) is 4.76. The van der Waals surface area contributed by atoms with Crippen molar-refractivity contribution in [2.75, 3.05) is 13.1 Å². The Morgan fingerprint density at radius 1 is 1.33 bits per heavy atom. The molecular weight excluding hydrogens is 166 g/mol. The Balaban J connectivity index is 2.09. The van der Waals surface area contributed by atoms with Gasteiger partial charge < -0.3 is 5.32 Å². The van der Waals surface area contributed by atoms with Crippen LogP contribution in [-0.4, -0.2) is 13.1 Å². The number of hydrogen-bond acceptors (Lipinski definition) is 2. The SMILES string of the molecule is c1scc2c1CCC21CCNC1. The Labute approximate surface area is 76.8 Å². The maximum Gasteiger partial charge on any atom is 0.0104 e. The van der Waals surface area contributed by atoms with Gasteiger partial charge in [-0.2, -0.15) is 11.3 Å². The third-order valence-electron chi connectivity index (χ3n) is 3.43. The summed E-state index contributed by atoms with van der Waals surface area (Å²) in [4.78, 5) is 0. The first-order chi connectivity index (χ1) is 5.91. The van der Waals surface area contributed by atoms with Crippen molar-refractivity contribution in [3.63, 3.8) is 0 Å². The molecule has 1 N–H and O–H groups in total. The fraction of sp³-hybridized carbons (Fsp3) is 0.600. The number of nitrogens with one attached hydrogen (secondary N) is 1. The number of hydrogen-bond donors (Lipinski definition) is 1. The summed E-state index contributed by atoms with van der Waals surface area (Å²) in [6, 6.07) is 0. The van der Waals surface area contributed by atoms with Gasteiger partial charge in [0.25, 0.3) is 0 Å². The highest BCUT2D eigenvalue weighted by molar-refractivity contribution is 7.08. The van der Waals surface area contributed by atoms with E-state index in [0.717, 1.165) is 0 Å². The summed E-state index contributed by atoms with van der Waals surface area (Å²) < 4.78 is 0. The van der Waals surface area contributed by atoms with Gasteiger partial charge in [0, 0.05) is 12.0 Å². The van der Waals surface area contributed by atoms with Crippen LogP contribution < -0.4 is 5.32 Å². The molecule has 3 rings (SSSR count). The van der Waals surface area contributed by atoms with Gasteiger partial charge in [-0.1, -0.05) is 0 Å². The van der Waals surface area contributed by atoms with Gasteiger partial charge in [0.2, 0.25) is 0 Å². The van der Waals surface area contributed by atoms with Crippen molar-refractivity contribution in [3.8, 4) is 0 Å². The molecule has 1 aromatic heterocycles. The van der Waals surface area contributed by atoms with Gasteiger partial charge in [-0.25, -0.2) is 0 Å². The molecule has 2 aliphatic rings. The lowest BCUT2D eigenvalue weighted by atomic mass is 9.83. The molecule has 1 saturated heterocycles. The largest absolute Gasteiger partial charge is 0.316 e. The lowest BCUT2D eigenvalue weighted by Gasteiger charge is -2.21. The smallest absolute Gasteiger partial charge is 0.0104 e. The molecule has 2 heterocycles. The molecule has 1 fully saturated rings. The van der Waals surface area contributed by atoms with E-state index in [1.807, 2.05) is 11.3 Å². The fourth-order valence-electron chi connectivity index (χ4n) is 2.68. The zero-order valence-corrected chi connectivity index (χ0v) is 7.91. The summed E-state index contributed by atoms with van der Waals surface area (Å²) in [6.45, 7) is 2.44. The Kier molecular flexibility index (Phi) is 1.38. The average Bonchev–Trinajstić information content (AvgIpc) is 2.76. The lowest BCUT2D eigenvalue weighted by Crippen LogP contribution is -2.25. The van der Waals surface area contributed by atoms with Crippen LogP contribution in [-0.2, 0) is 11.8 Å². The molecule has 0 saturated carbocycles. The van der Waals surface area contributed by atoms with E-state index in [-0.39, 0.29) is 0 Å². The molecule has 1 aliphatic heterocycles. The third-order valence-corrected chi connectivity index (χ3v) is 4.22. The molecule has 1 aliphatic carbocycles. The lowest BCUT2D eigenvalue weighted by molar-refractivity contribution is 0.469. The molecule has 0 aromatic carbocycles. The second-order valence-electron chi connectivity index (χ2n) is 4.02. The first kappa shape index (κ1) is 7.10. The molecule has 1 unspecified atom stereocenters. The third kappa shape index (κ3) is 0.771. The van der Waals surface area contributed by atoms with Crippen molar-refractivity contribution < 1.29 is 0 Å². The molecule has 0 radical (unpaired) electrons. The van der Waals surface area contributed by atoms with E-state index in [2.05, 4.69) is 16.1 Å². The molecule has 0 amide bonds. The minimum atomic E-state index is 0.551. The van der Waals surface area contributed by atoms with Gasteiger partial charge in [-0.15, -0.1) is 0 Å². The molecule has 2 heteroatoms. The summed E-state index contributed by atoms with van der Waals surface area (Å²) in [6.07, 6.45) is 4.06. The second kappa shape index (κ2) is 2.33. The number of aryl methyl sites for hydroxylation is 1. The van der Waals surface area contributed by atoms with Gasteiger partial charge in [0.05, 0.1) is 0 Å². The summed E-state index contributed by atoms with van der Waals surface area (Å²) in [7, 11) is 0. The normalized spacial score (nSPS) is 33.0. The van der Waals surface area contributed by atoms with Crippen LogP contribution >= 0.6 is 11.3 Å². The van der Waals surface area contributed by atoms with Gasteiger partial charge in [-0.05, 0) is 47.7 Å². The van der Waals surface area contributed by atoms with E-state index in [1.165, 1.54) is 32.4 Å². The Bertz CT molecular complexity index is 297. The number of fused-ring (bicyclic) bond motifs is 2. The van der Waals surface area contributed by atoms with Crippen molar-refractivity contribution in [1.29, 1.82) is 0 Å². The van der Waals surface area contributed by atoms with Crippen molar-refractivity contribution >= 4 is 11.3 Å². The molecule has 12 heavy (non-hydrogen) atoms. The van der Waals surface area contributed by atoms with Crippen LogP contribution in [0.5, 0.6) is 0 Å². The van der Waals surface area contributed by atoms with Crippen molar-refractivity contribution in [1.82, 2.24) is 5.32 Å². The quantitative estimate of drug-likeness (QED) is 0.641. The van der Waals surface area contributed by atoms with Crippen LogP contribution in [0, 0.1) is 0 Å². The minimum Gasteiger partial charge on any atom is -0.316 e. The summed E-state index contributed by atoms with van der Waals surface area (Å²) >= 11 is 1.88. The van der Waals surface area contributed by atoms with Gasteiger partial charge in [0.15, 0.2) is 0 Å². The summed E-state index contributed by atoms with van der Waals surface area (Å²) in [5.74, 6) is 0. The van der Waals surface area contributed by atoms with Gasteiger partial charge in [0.1, 0.15) is 0 Å². The van der Waals surface area contributed by atoms with Crippen molar-refractivity contribution in [3.05, 3.63) is 21.9 Å². The molecule has 1 nitrogen and oxygen atoms in total. The molecular formula is C10H13NS. The minimum absolute atomic E-state index is 0.551. The van der Waals surface area contributed by atoms with Gasteiger partial charge >= 0.3 is 0 Å². The first-order valence-corrected chi connectivity index (χ1v) is 5.61. The van der Waals surface area contributed by atoms with Crippen LogP contribution in [0.1, 0.15) is 24.0 Å². The van der Waals surface area contributed by atoms with E-state index in [4.69, 9.17) is 0 Å². The fourth-order valence-corrected chi connectivity index (χ4v) is 3.69. The van der Waals surface area contributed by atoms with E-state index in [9.17, 15) is 0 Å². The van der Waals surface area contributed by atoms with Gasteiger partial charge in [-0.3, -0.25) is 0 Å². The van der Waals surface area contributed by atoms with Crippen LogP contribution in [0.4, 0.5) is 0 Å². The highest BCUT2D eigenvalue weighted by Gasteiger charge is 2.41. The van der Waals surface area contributed by atoms with Crippen LogP contribution in [0.25, 0.3) is 0 Å². The average molecular weight is 179 g/mol. The molecule has 1 atom stereocenters. The monoisotopic (exact) mass is 179 g/mol. The zero-order chi connectivity index (χ0) is 8.02. The van der Waals surface area contributed by atoms with E-state index < -0.39 is 0 Å². The number of rotatable bonds is 0. The van der Waals surface area contributed by atoms with E-state index in [1.54, 1.807) is 11.1 Å². The highest BCUT2D eigenvalue weighted by atomic mass is 32.1. The number of thiophene rings is 1. The predicted octanol–water partition coefficient (Wildman–Crippen LogP) is 1.93. The molecule has 1 spiro atoms. The van der Waals surface area contributed by atoms with Crippen molar-refractivity contribution in [2.24, 2.45) is 0 Å². The summed E-state index contributed by atoms with van der Waals surface area (Å²) in [5, 5.41) is 8.20. The Morgan fingerprint density at radius 3 is 3.17 bits per heavy atom. The highest BCUT2D eigenvalue weighted by Crippen LogP contribution is 2.44. The Morgan fingerprint density at radius 2 is 2.33 bits per heavy atom. The Hall–Kier alpha value is -0.340. The van der Waals surface area contributed by atoms with Crippen LogP contribution in [0.3, 0.4) is 0 Å². The topological polar surface area (TPSA) is 12.0 Å². The van der Waals surface area contributed by atoms with E-state index in [0.29, 0.717) is 5.41 Å². The maximum absolute atomic E-state index is 3.49. The molecule has 64 valence electrons. The predicted molar refractivity (Wildman–Crippen MR) is 51.8 cm³/mol. The molecule has 0 bridgehead atoms. The first-order valence-electron chi connectivity index (χ1n) is 4.67. The summed E-state index contributed by atoms with van der Waals surface area (Å²) in [5.41, 5.74) is 3.84.